The number of hydrogen-bond acceptors (Lipinski definition) is 3. The minimum Gasteiger partial charge on any atom is -0.392 e. The van der Waals surface area contributed by atoms with Gasteiger partial charge < -0.3 is 15.2 Å². The number of rotatable bonds is 3. The van der Waals surface area contributed by atoms with Crippen molar-refractivity contribution in [2.45, 2.75) is 44.2 Å². The molecule has 82 valence electrons. The lowest BCUT2D eigenvalue weighted by atomic mass is 9.92. The van der Waals surface area contributed by atoms with Crippen LogP contribution >= 0.6 is 0 Å². The number of aliphatic hydroxyl groups is 1. The molecule has 1 unspecified atom stereocenters. The van der Waals surface area contributed by atoms with Crippen molar-refractivity contribution in [1.82, 2.24) is 5.32 Å². The molecule has 1 saturated carbocycles. The average Bonchev–Trinajstić information content (AvgIpc) is 2.69. The molecule has 0 bridgehead atoms. The van der Waals surface area contributed by atoms with E-state index in [0.29, 0.717) is 12.0 Å². The SMILES string of the molecule is O[C@@H]1CCCC[C@@H]1NCC1CCOC1. The first-order valence-electron chi connectivity index (χ1n) is 5.85. The van der Waals surface area contributed by atoms with Gasteiger partial charge in [-0.25, -0.2) is 0 Å². The molecule has 14 heavy (non-hydrogen) atoms. The molecular weight excluding hydrogens is 178 g/mol. The van der Waals surface area contributed by atoms with Crippen molar-refractivity contribution in [1.29, 1.82) is 0 Å². The van der Waals surface area contributed by atoms with E-state index in [4.69, 9.17) is 4.74 Å². The molecular formula is C11H21NO2. The molecule has 0 spiro atoms. The Labute approximate surface area is 85.8 Å². The molecule has 3 nitrogen and oxygen atoms in total. The van der Waals surface area contributed by atoms with Gasteiger partial charge in [-0.1, -0.05) is 12.8 Å². The van der Waals surface area contributed by atoms with Crippen LogP contribution in [0.5, 0.6) is 0 Å². The van der Waals surface area contributed by atoms with Crippen LogP contribution in [0.3, 0.4) is 0 Å². The highest BCUT2D eigenvalue weighted by Crippen LogP contribution is 2.19. The van der Waals surface area contributed by atoms with Crippen molar-refractivity contribution in [3.63, 3.8) is 0 Å². The van der Waals surface area contributed by atoms with E-state index in [1.807, 2.05) is 0 Å². The molecule has 0 aromatic carbocycles. The van der Waals surface area contributed by atoms with Gasteiger partial charge in [-0.3, -0.25) is 0 Å². The molecule has 0 amide bonds. The van der Waals surface area contributed by atoms with Crippen LogP contribution in [0.2, 0.25) is 0 Å². The van der Waals surface area contributed by atoms with Crippen LogP contribution in [0.4, 0.5) is 0 Å². The molecule has 0 aromatic rings. The molecule has 0 aromatic heterocycles. The van der Waals surface area contributed by atoms with Gasteiger partial charge in [0.1, 0.15) is 0 Å². The molecule has 1 heterocycles. The lowest BCUT2D eigenvalue weighted by molar-refractivity contribution is 0.0880. The van der Waals surface area contributed by atoms with Crippen molar-refractivity contribution in [2.75, 3.05) is 19.8 Å². The van der Waals surface area contributed by atoms with Gasteiger partial charge in [-0.15, -0.1) is 0 Å². The topological polar surface area (TPSA) is 41.5 Å². The zero-order valence-corrected chi connectivity index (χ0v) is 8.74. The Hall–Kier alpha value is -0.120. The standard InChI is InChI=1S/C11H21NO2/c13-11-4-2-1-3-10(11)12-7-9-5-6-14-8-9/h9-13H,1-8H2/t9?,10-,11+/m0/s1. The van der Waals surface area contributed by atoms with Gasteiger partial charge in [-0.05, 0) is 25.2 Å². The summed E-state index contributed by atoms with van der Waals surface area (Å²) in [6.45, 7) is 2.83. The van der Waals surface area contributed by atoms with Crippen molar-refractivity contribution >= 4 is 0 Å². The molecule has 3 atom stereocenters. The van der Waals surface area contributed by atoms with Gasteiger partial charge in [0.2, 0.25) is 0 Å². The van der Waals surface area contributed by atoms with E-state index in [1.165, 1.54) is 19.3 Å². The third-order valence-electron chi connectivity index (χ3n) is 3.42. The fourth-order valence-electron chi connectivity index (χ4n) is 2.41. The first kappa shape index (κ1) is 10.4. The van der Waals surface area contributed by atoms with Crippen molar-refractivity contribution in [2.24, 2.45) is 5.92 Å². The fourth-order valence-corrected chi connectivity index (χ4v) is 2.41. The van der Waals surface area contributed by atoms with Crippen molar-refractivity contribution in [3.05, 3.63) is 0 Å². The van der Waals surface area contributed by atoms with E-state index in [9.17, 15) is 5.11 Å². The minimum absolute atomic E-state index is 0.119. The Kier molecular flexibility index (Phi) is 3.79. The predicted octanol–water partition coefficient (Wildman–Crippen LogP) is 0.916. The Balaban J connectivity index is 1.67. The zero-order chi connectivity index (χ0) is 9.80. The molecule has 0 radical (unpaired) electrons. The van der Waals surface area contributed by atoms with Crippen LogP contribution in [0, 0.1) is 5.92 Å². The quantitative estimate of drug-likeness (QED) is 0.710. The lowest BCUT2D eigenvalue weighted by Gasteiger charge is -2.29. The highest BCUT2D eigenvalue weighted by atomic mass is 16.5. The summed E-state index contributed by atoms with van der Waals surface area (Å²) in [4.78, 5) is 0. The molecule has 2 N–H and O–H groups in total. The summed E-state index contributed by atoms with van der Waals surface area (Å²) in [5.41, 5.74) is 0. The number of nitrogens with one attached hydrogen (secondary N) is 1. The maximum absolute atomic E-state index is 9.75. The first-order chi connectivity index (χ1) is 6.86. The summed E-state index contributed by atoms with van der Waals surface area (Å²) in [6.07, 6.45) is 5.61. The van der Waals surface area contributed by atoms with Gasteiger partial charge >= 0.3 is 0 Å². The highest BCUT2D eigenvalue weighted by molar-refractivity contribution is 4.81. The van der Waals surface area contributed by atoms with Gasteiger partial charge in [0.05, 0.1) is 12.7 Å². The van der Waals surface area contributed by atoms with Gasteiger partial charge in [0.25, 0.3) is 0 Å². The second kappa shape index (κ2) is 5.10. The largest absolute Gasteiger partial charge is 0.392 e. The summed E-state index contributed by atoms with van der Waals surface area (Å²) < 4.78 is 5.32. The van der Waals surface area contributed by atoms with E-state index >= 15 is 0 Å². The minimum atomic E-state index is -0.119. The van der Waals surface area contributed by atoms with E-state index < -0.39 is 0 Å². The second-order valence-electron chi connectivity index (χ2n) is 4.60. The van der Waals surface area contributed by atoms with Crippen LogP contribution in [0.1, 0.15) is 32.1 Å². The van der Waals surface area contributed by atoms with E-state index in [-0.39, 0.29) is 6.10 Å². The summed E-state index contributed by atoms with van der Waals surface area (Å²) >= 11 is 0. The first-order valence-corrected chi connectivity index (χ1v) is 5.85. The molecule has 1 saturated heterocycles. The second-order valence-corrected chi connectivity index (χ2v) is 4.60. The van der Waals surface area contributed by atoms with Crippen LogP contribution < -0.4 is 5.32 Å². The third kappa shape index (κ3) is 2.69. The van der Waals surface area contributed by atoms with Crippen LogP contribution in [0.25, 0.3) is 0 Å². The third-order valence-corrected chi connectivity index (χ3v) is 3.42. The molecule has 1 aliphatic heterocycles. The molecule has 3 heteroatoms. The van der Waals surface area contributed by atoms with E-state index in [2.05, 4.69) is 5.32 Å². The summed E-state index contributed by atoms with van der Waals surface area (Å²) in [6, 6.07) is 0.337. The Morgan fingerprint density at radius 3 is 2.79 bits per heavy atom. The highest BCUT2D eigenvalue weighted by Gasteiger charge is 2.24. The van der Waals surface area contributed by atoms with E-state index in [0.717, 1.165) is 32.6 Å². The normalized spacial score (nSPS) is 38.8. The molecule has 2 aliphatic rings. The van der Waals surface area contributed by atoms with Gasteiger partial charge in [-0.2, -0.15) is 0 Å². The number of aliphatic hydroxyl groups excluding tert-OH is 1. The predicted molar refractivity (Wildman–Crippen MR) is 55.2 cm³/mol. The Bertz CT molecular complexity index is 169. The van der Waals surface area contributed by atoms with Crippen LogP contribution in [-0.2, 0) is 4.74 Å². The van der Waals surface area contributed by atoms with Crippen molar-refractivity contribution in [3.8, 4) is 0 Å². The smallest absolute Gasteiger partial charge is 0.0693 e. The van der Waals surface area contributed by atoms with Crippen LogP contribution in [0.15, 0.2) is 0 Å². The molecule has 2 rings (SSSR count). The van der Waals surface area contributed by atoms with Gasteiger partial charge in [0, 0.05) is 19.2 Å². The number of ether oxygens (including phenoxy) is 1. The Morgan fingerprint density at radius 1 is 1.21 bits per heavy atom. The van der Waals surface area contributed by atoms with E-state index in [1.54, 1.807) is 0 Å². The van der Waals surface area contributed by atoms with Crippen LogP contribution in [-0.4, -0.2) is 37.0 Å². The summed E-state index contributed by atoms with van der Waals surface area (Å²) in [7, 11) is 0. The maximum atomic E-state index is 9.75. The lowest BCUT2D eigenvalue weighted by Crippen LogP contribution is -2.44. The summed E-state index contributed by atoms with van der Waals surface area (Å²) in [5.74, 6) is 0.670. The average molecular weight is 199 g/mol. The molecule has 2 fully saturated rings. The monoisotopic (exact) mass is 199 g/mol. The Morgan fingerprint density at radius 2 is 2.07 bits per heavy atom. The summed E-state index contributed by atoms with van der Waals surface area (Å²) in [5, 5.41) is 13.2. The molecule has 1 aliphatic carbocycles. The zero-order valence-electron chi connectivity index (χ0n) is 8.74. The van der Waals surface area contributed by atoms with Gasteiger partial charge in [0.15, 0.2) is 0 Å². The number of hydrogen-bond donors (Lipinski definition) is 2. The maximum Gasteiger partial charge on any atom is 0.0693 e. The fraction of sp³-hybridized carbons (Fsp3) is 1.00. The van der Waals surface area contributed by atoms with Crippen molar-refractivity contribution < 1.29 is 9.84 Å².